The SMILES string of the molecule is CCc1ccc(C(=O)CS(=O)c2cc(C)ccc2C)s1. The van der Waals surface area contributed by atoms with Crippen molar-refractivity contribution in [3.05, 3.63) is 51.2 Å². The fourth-order valence-electron chi connectivity index (χ4n) is 1.94. The topological polar surface area (TPSA) is 34.1 Å². The second kappa shape index (κ2) is 6.46. The number of benzene rings is 1. The second-order valence-corrected chi connectivity index (χ2v) is 7.39. The normalized spacial score (nSPS) is 12.3. The van der Waals surface area contributed by atoms with Crippen LogP contribution in [-0.2, 0) is 17.2 Å². The Morgan fingerprint density at radius 3 is 2.60 bits per heavy atom. The molecule has 1 atom stereocenters. The van der Waals surface area contributed by atoms with Crippen LogP contribution < -0.4 is 0 Å². The maximum Gasteiger partial charge on any atom is 0.185 e. The molecule has 4 heteroatoms. The largest absolute Gasteiger partial charge is 0.292 e. The molecule has 0 fully saturated rings. The summed E-state index contributed by atoms with van der Waals surface area (Å²) in [4.78, 5) is 14.8. The van der Waals surface area contributed by atoms with Gasteiger partial charge in [0.05, 0.1) is 21.4 Å². The lowest BCUT2D eigenvalue weighted by Gasteiger charge is -2.06. The maximum atomic E-state index is 12.4. The van der Waals surface area contributed by atoms with Crippen molar-refractivity contribution in [1.82, 2.24) is 0 Å². The molecule has 1 aromatic heterocycles. The van der Waals surface area contributed by atoms with Crippen LogP contribution in [-0.4, -0.2) is 15.7 Å². The highest BCUT2D eigenvalue weighted by atomic mass is 32.2. The van der Waals surface area contributed by atoms with Crippen molar-refractivity contribution in [1.29, 1.82) is 0 Å². The van der Waals surface area contributed by atoms with Crippen molar-refractivity contribution in [2.45, 2.75) is 32.1 Å². The quantitative estimate of drug-likeness (QED) is 0.785. The van der Waals surface area contributed by atoms with Crippen LogP contribution in [0.3, 0.4) is 0 Å². The summed E-state index contributed by atoms with van der Waals surface area (Å²) in [6, 6.07) is 9.66. The first-order valence-electron chi connectivity index (χ1n) is 6.58. The molecule has 0 radical (unpaired) electrons. The molecule has 106 valence electrons. The first-order valence-corrected chi connectivity index (χ1v) is 8.72. The van der Waals surface area contributed by atoms with Crippen molar-refractivity contribution < 1.29 is 9.00 Å². The third-order valence-corrected chi connectivity index (χ3v) is 5.86. The van der Waals surface area contributed by atoms with Crippen LogP contribution in [0.1, 0.15) is 32.6 Å². The number of aryl methyl sites for hydroxylation is 3. The molecule has 1 unspecified atom stereocenters. The van der Waals surface area contributed by atoms with E-state index in [9.17, 15) is 9.00 Å². The monoisotopic (exact) mass is 306 g/mol. The van der Waals surface area contributed by atoms with Gasteiger partial charge in [-0.3, -0.25) is 9.00 Å². The van der Waals surface area contributed by atoms with Crippen LogP contribution >= 0.6 is 11.3 Å². The molecule has 20 heavy (non-hydrogen) atoms. The molecule has 0 aliphatic heterocycles. The zero-order chi connectivity index (χ0) is 14.7. The Bertz CT molecular complexity index is 656. The molecule has 0 bridgehead atoms. The van der Waals surface area contributed by atoms with Gasteiger partial charge in [-0.25, -0.2) is 0 Å². The Morgan fingerprint density at radius 1 is 1.20 bits per heavy atom. The minimum Gasteiger partial charge on any atom is -0.292 e. The van der Waals surface area contributed by atoms with Crippen LogP contribution in [0.2, 0.25) is 0 Å². The molecule has 2 nitrogen and oxygen atoms in total. The van der Waals surface area contributed by atoms with Gasteiger partial charge in [0.15, 0.2) is 5.78 Å². The Kier molecular flexibility index (Phi) is 4.89. The molecule has 0 amide bonds. The summed E-state index contributed by atoms with van der Waals surface area (Å²) in [7, 11) is -1.27. The van der Waals surface area contributed by atoms with Gasteiger partial charge < -0.3 is 0 Å². The Hall–Kier alpha value is -1.26. The van der Waals surface area contributed by atoms with Gasteiger partial charge in [0.25, 0.3) is 0 Å². The summed E-state index contributed by atoms with van der Waals surface area (Å²) in [5.41, 5.74) is 2.04. The number of hydrogen-bond acceptors (Lipinski definition) is 3. The van der Waals surface area contributed by atoms with E-state index in [0.717, 1.165) is 22.4 Å². The number of ketones is 1. The highest BCUT2D eigenvalue weighted by Crippen LogP contribution is 2.20. The molecular formula is C16H18O2S2. The summed E-state index contributed by atoms with van der Waals surface area (Å²) in [5.74, 6) is 0.0301. The van der Waals surface area contributed by atoms with E-state index in [4.69, 9.17) is 0 Å². The van der Waals surface area contributed by atoms with Gasteiger partial charge in [-0.1, -0.05) is 19.1 Å². The van der Waals surface area contributed by atoms with Crippen LogP contribution in [0.15, 0.2) is 35.2 Å². The molecular weight excluding hydrogens is 288 g/mol. The summed E-state index contributed by atoms with van der Waals surface area (Å²) >= 11 is 1.50. The maximum absolute atomic E-state index is 12.4. The number of hydrogen-bond donors (Lipinski definition) is 0. The zero-order valence-electron chi connectivity index (χ0n) is 11.9. The third-order valence-electron chi connectivity index (χ3n) is 3.14. The van der Waals surface area contributed by atoms with Gasteiger partial charge in [-0.15, -0.1) is 11.3 Å². The van der Waals surface area contributed by atoms with E-state index in [2.05, 4.69) is 6.92 Å². The number of carbonyl (C=O) groups is 1. The number of Topliss-reactive ketones (excluding diaryl/α,β-unsaturated/α-hetero) is 1. The molecule has 0 aliphatic rings. The van der Waals surface area contributed by atoms with E-state index in [-0.39, 0.29) is 11.5 Å². The van der Waals surface area contributed by atoms with Gasteiger partial charge >= 0.3 is 0 Å². The fourth-order valence-corrected chi connectivity index (χ4v) is 4.21. The highest BCUT2D eigenvalue weighted by molar-refractivity contribution is 7.85. The minimum atomic E-state index is -1.27. The number of rotatable bonds is 5. The molecule has 1 aromatic carbocycles. The number of carbonyl (C=O) groups excluding carboxylic acids is 1. The van der Waals surface area contributed by atoms with Gasteiger partial charge in [-0.05, 0) is 49.6 Å². The van der Waals surface area contributed by atoms with Crippen molar-refractivity contribution in [3.63, 3.8) is 0 Å². The lowest BCUT2D eigenvalue weighted by Crippen LogP contribution is -2.10. The molecule has 0 N–H and O–H groups in total. The fraction of sp³-hybridized carbons (Fsp3) is 0.312. The standard InChI is InChI=1S/C16H18O2S2/c1-4-13-7-8-15(19-13)14(17)10-20(18)16-9-11(2)5-6-12(16)3/h5-9H,4,10H2,1-3H3. The summed E-state index contributed by atoms with van der Waals surface area (Å²) in [6.07, 6.45) is 0.929. The van der Waals surface area contributed by atoms with Gasteiger partial charge in [0.1, 0.15) is 0 Å². The van der Waals surface area contributed by atoms with E-state index < -0.39 is 10.8 Å². The Balaban J connectivity index is 2.15. The average molecular weight is 306 g/mol. The molecule has 0 saturated carbocycles. The minimum absolute atomic E-state index is 0.0334. The lowest BCUT2D eigenvalue weighted by atomic mass is 10.2. The van der Waals surface area contributed by atoms with Crippen molar-refractivity contribution in [3.8, 4) is 0 Å². The van der Waals surface area contributed by atoms with E-state index in [1.165, 1.54) is 16.2 Å². The van der Waals surface area contributed by atoms with Crippen molar-refractivity contribution in [2.24, 2.45) is 0 Å². The van der Waals surface area contributed by atoms with Gasteiger partial charge in [-0.2, -0.15) is 0 Å². The molecule has 2 aromatic rings. The van der Waals surface area contributed by atoms with E-state index in [0.29, 0.717) is 4.88 Å². The first kappa shape index (κ1) is 15.1. The molecule has 1 heterocycles. The summed E-state index contributed by atoms with van der Waals surface area (Å²) < 4.78 is 12.4. The predicted octanol–water partition coefficient (Wildman–Crippen LogP) is 3.92. The van der Waals surface area contributed by atoms with E-state index >= 15 is 0 Å². The van der Waals surface area contributed by atoms with E-state index in [1.54, 1.807) is 0 Å². The first-order chi connectivity index (χ1) is 9.51. The molecule has 0 saturated heterocycles. The van der Waals surface area contributed by atoms with E-state index in [1.807, 2.05) is 44.2 Å². The average Bonchev–Trinajstić information content (AvgIpc) is 2.90. The Morgan fingerprint density at radius 2 is 1.95 bits per heavy atom. The summed E-state index contributed by atoms with van der Waals surface area (Å²) in [5, 5.41) is 0. The van der Waals surface area contributed by atoms with Crippen LogP contribution in [0, 0.1) is 13.8 Å². The lowest BCUT2D eigenvalue weighted by molar-refractivity contribution is 0.102. The second-order valence-electron chi connectivity index (χ2n) is 4.80. The van der Waals surface area contributed by atoms with Gasteiger partial charge in [0.2, 0.25) is 0 Å². The molecule has 0 spiro atoms. The Labute approximate surface area is 126 Å². The van der Waals surface area contributed by atoms with Crippen molar-refractivity contribution in [2.75, 3.05) is 5.75 Å². The van der Waals surface area contributed by atoms with Crippen LogP contribution in [0.25, 0.3) is 0 Å². The van der Waals surface area contributed by atoms with Crippen LogP contribution in [0.5, 0.6) is 0 Å². The van der Waals surface area contributed by atoms with Gasteiger partial charge in [0, 0.05) is 9.77 Å². The molecule has 2 rings (SSSR count). The number of thiophene rings is 1. The summed E-state index contributed by atoms with van der Waals surface area (Å²) in [6.45, 7) is 5.96. The molecule has 0 aliphatic carbocycles. The highest BCUT2D eigenvalue weighted by Gasteiger charge is 2.15. The van der Waals surface area contributed by atoms with Crippen LogP contribution in [0.4, 0.5) is 0 Å². The van der Waals surface area contributed by atoms with Crippen molar-refractivity contribution >= 4 is 27.9 Å². The smallest absolute Gasteiger partial charge is 0.185 e. The predicted molar refractivity (Wildman–Crippen MR) is 85.2 cm³/mol. The third kappa shape index (κ3) is 3.44. The zero-order valence-corrected chi connectivity index (χ0v) is 13.6.